The summed E-state index contributed by atoms with van der Waals surface area (Å²) in [6, 6.07) is 8.72. The molecule has 0 bridgehead atoms. The molecule has 0 saturated carbocycles. The highest BCUT2D eigenvalue weighted by Crippen LogP contribution is 2.25. The van der Waals surface area contributed by atoms with Crippen molar-refractivity contribution in [3.8, 4) is 0 Å². The molecule has 6 heteroatoms. The van der Waals surface area contributed by atoms with E-state index in [-0.39, 0.29) is 17.7 Å². The first kappa shape index (κ1) is 18.1. The summed E-state index contributed by atoms with van der Waals surface area (Å²) in [5, 5.41) is 5.00. The van der Waals surface area contributed by atoms with Gasteiger partial charge in [0.2, 0.25) is 5.91 Å². The lowest BCUT2D eigenvalue weighted by atomic mass is 10.0. The molecule has 25 heavy (non-hydrogen) atoms. The number of halogens is 1. The van der Waals surface area contributed by atoms with Crippen LogP contribution in [0.3, 0.4) is 0 Å². The number of nitrogens with one attached hydrogen (secondary N) is 1. The number of rotatable bonds is 4. The molecule has 1 aliphatic heterocycles. The normalized spacial score (nSPS) is 15.0. The fourth-order valence-electron chi connectivity index (χ4n) is 2.97. The van der Waals surface area contributed by atoms with Gasteiger partial charge >= 0.3 is 0 Å². The zero-order chi connectivity index (χ0) is 18.0. The summed E-state index contributed by atoms with van der Waals surface area (Å²) in [6.45, 7) is 5.27. The average molecular weight is 421 g/mol. The van der Waals surface area contributed by atoms with Crippen LogP contribution in [0.1, 0.15) is 34.6 Å². The van der Waals surface area contributed by atoms with Crippen LogP contribution in [0.4, 0.5) is 0 Å². The van der Waals surface area contributed by atoms with Crippen molar-refractivity contribution in [1.29, 1.82) is 0 Å². The van der Waals surface area contributed by atoms with E-state index in [9.17, 15) is 9.59 Å². The van der Waals surface area contributed by atoms with Crippen LogP contribution < -0.4 is 5.32 Å². The molecule has 1 N–H and O–H groups in total. The Balaban J connectivity index is 1.71. The van der Waals surface area contributed by atoms with Gasteiger partial charge in [-0.05, 0) is 53.6 Å². The van der Waals surface area contributed by atoms with E-state index in [2.05, 4.69) is 32.7 Å². The Bertz CT molecular complexity index is 770. The minimum Gasteiger partial charge on any atom is -0.340 e. The number of benzene rings is 1. The maximum Gasteiger partial charge on any atom is 0.251 e. The largest absolute Gasteiger partial charge is 0.340 e. The molecule has 2 aromatic rings. The highest BCUT2D eigenvalue weighted by molar-refractivity contribution is 9.10. The first-order chi connectivity index (χ1) is 12.0. The molecule has 1 atom stereocenters. The van der Waals surface area contributed by atoms with E-state index in [4.69, 9.17) is 0 Å². The van der Waals surface area contributed by atoms with Crippen LogP contribution in [0.5, 0.6) is 0 Å². The summed E-state index contributed by atoms with van der Waals surface area (Å²) >= 11 is 5.11. The summed E-state index contributed by atoms with van der Waals surface area (Å²) in [6.07, 6.45) is 0.893. The lowest BCUT2D eigenvalue weighted by Gasteiger charge is -2.32. The van der Waals surface area contributed by atoms with Gasteiger partial charge in [0.15, 0.2) is 0 Å². The zero-order valence-electron chi connectivity index (χ0n) is 14.3. The van der Waals surface area contributed by atoms with E-state index >= 15 is 0 Å². The summed E-state index contributed by atoms with van der Waals surface area (Å²) in [5.41, 5.74) is 1.78. The topological polar surface area (TPSA) is 49.4 Å². The maximum absolute atomic E-state index is 13.0. The third kappa shape index (κ3) is 4.12. The molecule has 132 valence electrons. The Morgan fingerprint density at radius 3 is 2.60 bits per heavy atom. The van der Waals surface area contributed by atoms with Gasteiger partial charge in [0.1, 0.15) is 6.04 Å². The third-order valence-corrected chi connectivity index (χ3v) is 6.00. The summed E-state index contributed by atoms with van der Waals surface area (Å²) in [7, 11) is 0. The van der Waals surface area contributed by atoms with Gasteiger partial charge in [-0.15, -0.1) is 11.3 Å². The lowest BCUT2D eigenvalue weighted by molar-refractivity contribution is -0.135. The molecule has 1 aliphatic rings. The van der Waals surface area contributed by atoms with Crippen molar-refractivity contribution in [2.75, 3.05) is 6.54 Å². The number of hydrogen-bond acceptors (Lipinski definition) is 3. The van der Waals surface area contributed by atoms with Crippen LogP contribution in [-0.4, -0.2) is 29.3 Å². The molecule has 2 heterocycles. The first-order valence-electron chi connectivity index (χ1n) is 8.36. The Morgan fingerprint density at radius 2 is 1.92 bits per heavy atom. The van der Waals surface area contributed by atoms with Crippen molar-refractivity contribution in [2.24, 2.45) is 5.92 Å². The van der Waals surface area contributed by atoms with Crippen LogP contribution in [0.25, 0.3) is 0 Å². The van der Waals surface area contributed by atoms with Crippen LogP contribution in [0.15, 0.2) is 40.2 Å². The Hall–Kier alpha value is -1.66. The number of amides is 2. The van der Waals surface area contributed by atoms with E-state index in [1.165, 1.54) is 10.4 Å². The second-order valence-corrected chi connectivity index (χ2v) is 8.50. The smallest absolute Gasteiger partial charge is 0.251 e. The molecular formula is C19H21BrN2O2S. The van der Waals surface area contributed by atoms with Gasteiger partial charge in [-0.25, -0.2) is 0 Å². The van der Waals surface area contributed by atoms with Crippen molar-refractivity contribution in [3.63, 3.8) is 0 Å². The molecule has 2 amide bonds. The first-order valence-corrected chi connectivity index (χ1v) is 10.0. The predicted octanol–water partition coefficient (Wildman–Crippen LogP) is 3.85. The Morgan fingerprint density at radius 1 is 1.20 bits per heavy atom. The van der Waals surface area contributed by atoms with E-state index < -0.39 is 6.04 Å². The second kappa shape index (κ2) is 7.70. The van der Waals surface area contributed by atoms with Gasteiger partial charge < -0.3 is 10.2 Å². The number of nitrogens with zero attached hydrogens (tertiary/aromatic N) is 1. The van der Waals surface area contributed by atoms with Crippen LogP contribution >= 0.6 is 27.3 Å². The Labute approximate surface area is 160 Å². The van der Waals surface area contributed by atoms with E-state index in [0.29, 0.717) is 18.7 Å². The SMILES string of the molecule is CC(C)C(NC(=O)c1ccc(Br)cc1)C(=O)N1CCc2sccc2C1. The predicted molar refractivity (Wildman–Crippen MR) is 104 cm³/mol. The summed E-state index contributed by atoms with van der Waals surface area (Å²) in [4.78, 5) is 28.7. The quantitative estimate of drug-likeness (QED) is 0.816. The van der Waals surface area contributed by atoms with Crippen molar-refractivity contribution in [1.82, 2.24) is 10.2 Å². The fraction of sp³-hybridized carbons (Fsp3) is 0.368. The van der Waals surface area contributed by atoms with Crippen LogP contribution in [-0.2, 0) is 17.8 Å². The molecule has 0 radical (unpaired) electrons. The van der Waals surface area contributed by atoms with Gasteiger partial charge in [-0.2, -0.15) is 0 Å². The number of thiophene rings is 1. The molecule has 1 aromatic carbocycles. The van der Waals surface area contributed by atoms with E-state index in [1.54, 1.807) is 23.5 Å². The van der Waals surface area contributed by atoms with Crippen molar-refractivity contribution < 1.29 is 9.59 Å². The van der Waals surface area contributed by atoms with Gasteiger partial charge in [-0.3, -0.25) is 9.59 Å². The monoisotopic (exact) mass is 420 g/mol. The minimum atomic E-state index is -0.517. The molecule has 4 nitrogen and oxygen atoms in total. The fourth-order valence-corrected chi connectivity index (χ4v) is 4.13. The number of fused-ring (bicyclic) bond motifs is 1. The molecule has 0 saturated heterocycles. The van der Waals surface area contributed by atoms with Gasteiger partial charge in [0.05, 0.1) is 0 Å². The van der Waals surface area contributed by atoms with Crippen LogP contribution in [0, 0.1) is 5.92 Å². The lowest BCUT2D eigenvalue weighted by Crippen LogP contribution is -2.52. The molecule has 0 aliphatic carbocycles. The average Bonchev–Trinajstić information content (AvgIpc) is 3.06. The molecule has 0 spiro atoms. The maximum atomic E-state index is 13.0. The van der Waals surface area contributed by atoms with Gasteiger partial charge in [0, 0.05) is 28.0 Å². The highest BCUT2D eigenvalue weighted by Gasteiger charge is 2.31. The van der Waals surface area contributed by atoms with Gasteiger partial charge in [0.25, 0.3) is 5.91 Å². The Kier molecular flexibility index (Phi) is 5.59. The minimum absolute atomic E-state index is 0.00249. The van der Waals surface area contributed by atoms with E-state index in [1.807, 2.05) is 30.9 Å². The molecule has 1 unspecified atom stereocenters. The highest BCUT2D eigenvalue weighted by atomic mass is 79.9. The number of carbonyl (C=O) groups is 2. The summed E-state index contributed by atoms with van der Waals surface area (Å²) in [5.74, 6) is -0.194. The van der Waals surface area contributed by atoms with Crippen molar-refractivity contribution in [3.05, 3.63) is 56.2 Å². The standard InChI is InChI=1S/C19H21BrN2O2S/c1-12(2)17(21-18(23)13-3-5-15(20)6-4-13)19(24)22-9-7-16-14(11-22)8-10-25-16/h3-6,8,10,12,17H,7,9,11H2,1-2H3,(H,21,23). The number of carbonyl (C=O) groups excluding carboxylic acids is 2. The van der Waals surface area contributed by atoms with Crippen molar-refractivity contribution >= 4 is 39.1 Å². The molecule has 1 aromatic heterocycles. The van der Waals surface area contributed by atoms with Crippen molar-refractivity contribution in [2.45, 2.75) is 32.9 Å². The van der Waals surface area contributed by atoms with E-state index in [0.717, 1.165) is 10.9 Å². The van der Waals surface area contributed by atoms with Crippen LogP contribution in [0.2, 0.25) is 0 Å². The second-order valence-electron chi connectivity index (χ2n) is 6.58. The zero-order valence-corrected chi connectivity index (χ0v) is 16.7. The number of hydrogen-bond donors (Lipinski definition) is 1. The molecule has 3 rings (SSSR count). The summed E-state index contributed by atoms with van der Waals surface area (Å²) < 4.78 is 0.917. The molecular weight excluding hydrogens is 400 g/mol. The molecule has 0 fully saturated rings. The third-order valence-electron chi connectivity index (χ3n) is 4.45. The van der Waals surface area contributed by atoms with Gasteiger partial charge in [-0.1, -0.05) is 29.8 Å².